The number of hydrogen-bond donors (Lipinski definition) is 0. The molecule has 32 heavy (non-hydrogen) atoms. The van der Waals surface area contributed by atoms with Gasteiger partial charge in [0.15, 0.2) is 11.6 Å². The van der Waals surface area contributed by atoms with Crippen LogP contribution >= 0.6 is 11.6 Å². The van der Waals surface area contributed by atoms with Gasteiger partial charge in [0.2, 0.25) is 0 Å². The second kappa shape index (κ2) is 11.4. The van der Waals surface area contributed by atoms with Crippen LogP contribution in [0, 0.1) is 17.7 Å². The van der Waals surface area contributed by atoms with Crippen molar-refractivity contribution in [2.24, 2.45) is 11.8 Å². The predicted octanol–water partition coefficient (Wildman–Crippen LogP) is 6.01. The van der Waals surface area contributed by atoms with E-state index in [1.165, 1.54) is 12.1 Å². The topological polar surface area (TPSA) is 69.2 Å². The van der Waals surface area contributed by atoms with Gasteiger partial charge in [0.05, 0.1) is 17.4 Å². The molecule has 0 bridgehead atoms. The first-order chi connectivity index (χ1) is 15.3. The van der Waals surface area contributed by atoms with E-state index in [9.17, 15) is 22.8 Å². The Hall–Kier alpha value is -2.48. The average Bonchev–Trinajstić information content (AvgIpc) is 2.79. The van der Waals surface area contributed by atoms with Crippen LogP contribution in [0.25, 0.3) is 0 Å². The number of alkyl halides is 2. The van der Waals surface area contributed by atoms with Crippen LogP contribution in [0.1, 0.15) is 67.6 Å². The van der Waals surface area contributed by atoms with Crippen molar-refractivity contribution >= 4 is 23.2 Å². The highest BCUT2D eigenvalue weighted by Crippen LogP contribution is 2.33. The summed E-state index contributed by atoms with van der Waals surface area (Å²) in [6.07, 6.45) is 4.36. The van der Waals surface area contributed by atoms with Gasteiger partial charge in [-0.05, 0) is 43.2 Å². The molecule has 0 aliphatic heterocycles. The SMILES string of the molecule is O=C(COc1ccc(Cl)c(F)c1)CC1CCC(CCC(=O)c2cnc(C(F)F)cn2)CC1. The molecule has 0 spiro atoms. The second-order valence-corrected chi connectivity index (χ2v) is 8.49. The summed E-state index contributed by atoms with van der Waals surface area (Å²) >= 11 is 5.62. The Morgan fingerprint density at radius 2 is 1.81 bits per heavy atom. The van der Waals surface area contributed by atoms with Gasteiger partial charge >= 0.3 is 0 Å². The zero-order valence-corrected chi connectivity index (χ0v) is 18.2. The predicted molar refractivity (Wildman–Crippen MR) is 113 cm³/mol. The van der Waals surface area contributed by atoms with Crippen LogP contribution < -0.4 is 4.74 Å². The standard InChI is InChI=1S/C23H24ClF3N2O3/c24-18-7-6-17(10-19(18)25)32-13-16(30)9-15-3-1-14(2-4-15)5-8-22(31)20-11-29-21(12-28-20)23(26)27/h6-7,10-12,14-15,23H,1-5,8-9,13H2. The molecule has 1 aliphatic carbocycles. The van der Waals surface area contributed by atoms with E-state index in [1.54, 1.807) is 0 Å². The molecule has 5 nitrogen and oxygen atoms in total. The number of ether oxygens (including phenoxy) is 1. The average molecular weight is 469 g/mol. The van der Waals surface area contributed by atoms with Gasteiger partial charge in [-0.1, -0.05) is 24.4 Å². The smallest absolute Gasteiger partial charge is 0.281 e. The van der Waals surface area contributed by atoms with Crippen molar-refractivity contribution in [2.75, 3.05) is 6.61 Å². The molecule has 1 fully saturated rings. The number of ketones is 2. The Labute approximate surface area is 189 Å². The van der Waals surface area contributed by atoms with Crippen molar-refractivity contribution in [3.8, 4) is 5.75 Å². The van der Waals surface area contributed by atoms with E-state index in [1.807, 2.05) is 0 Å². The van der Waals surface area contributed by atoms with Gasteiger partial charge < -0.3 is 4.74 Å². The van der Waals surface area contributed by atoms with Gasteiger partial charge in [-0.15, -0.1) is 0 Å². The summed E-state index contributed by atoms with van der Waals surface area (Å²) in [5, 5.41) is -0.000267. The Morgan fingerprint density at radius 3 is 2.44 bits per heavy atom. The first kappa shape index (κ1) is 24.2. The van der Waals surface area contributed by atoms with Crippen molar-refractivity contribution < 1.29 is 27.5 Å². The van der Waals surface area contributed by atoms with Crippen molar-refractivity contribution in [3.05, 3.63) is 52.8 Å². The van der Waals surface area contributed by atoms with Gasteiger partial charge in [-0.2, -0.15) is 0 Å². The third kappa shape index (κ3) is 7.02. The van der Waals surface area contributed by atoms with E-state index in [4.69, 9.17) is 16.3 Å². The van der Waals surface area contributed by atoms with E-state index < -0.39 is 17.9 Å². The van der Waals surface area contributed by atoms with E-state index in [0.29, 0.717) is 25.2 Å². The molecule has 1 aliphatic rings. The number of halogens is 4. The largest absolute Gasteiger partial charge is 0.486 e. The molecule has 1 aromatic carbocycles. The quantitative estimate of drug-likeness (QED) is 0.399. The van der Waals surface area contributed by atoms with Crippen LogP contribution in [0.5, 0.6) is 5.75 Å². The normalized spacial score (nSPS) is 18.5. The van der Waals surface area contributed by atoms with Gasteiger partial charge in [0.1, 0.15) is 29.6 Å². The third-order valence-electron chi connectivity index (χ3n) is 5.73. The Morgan fingerprint density at radius 1 is 1.09 bits per heavy atom. The van der Waals surface area contributed by atoms with E-state index in [2.05, 4.69) is 9.97 Å². The summed E-state index contributed by atoms with van der Waals surface area (Å²) in [6, 6.07) is 4.05. The van der Waals surface area contributed by atoms with Crippen molar-refractivity contribution in [2.45, 2.75) is 51.4 Å². The van der Waals surface area contributed by atoms with Gasteiger partial charge in [-0.3, -0.25) is 14.6 Å². The van der Waals surface area contributed by atoms with E-state index in [0.717, 1.165) is 44.1 Å². The number of rotatable bonds is 10. The molecule has 0 atom stereocenters. The maximum atomic E-state index is 13.4. The molecule has 1 heterocycles. The molecule has 0 saturated heterocycles. The van der Waals surface area contributed by atoms with Crippen LogP contribution in [0.15, 0.2) is 30.6 Å². The lowest BCUT2D eigenvalue weighted by molar-refractivity contribution is -0.122. The highest BCUT2D eigenvalue weighted by atomic mass is 35.5. The van der Waals surface area contributed by atoms with Crippen molar-refractivity contribution in [3.63, 3.8) is 0 Å². The van der Waals surface area contributed by atoms with Crippen LogP contribution in [0.2, 0.25) is 5.02 Å². The number of carbonyl (C=O) groups is 2. The number of aromatic nitrogens is 2. The first-order valence-corrected chi connectivity index (χ1v) is 10.9. The highest BCUT2D eigenvalue weighted by molar-refractivity contribution is 6.30. The molecule has 0 N–H and O–H groups in total. The summed E-state index contributed by atoms with van der Waals surface area (Å²) in [6.45, 7) is -0.110. The number of benzene rings is 1. The van der Waals surface area contributed by atoms with Gasteiger partial charge in [0.25, 0.3) is 6.43 Å². The fourth-order valence-corrected chi connectivity index (χ4v) is 4.01. The monoisotopic (exact) mass is 468 g/mol. The molecule has 1 aromatic heterocycles. The molecular weight excluding hydrogens is 445 g/mol. The van der Waals surface area contributed by atoms with E-state index in [-0.39, 0.29) is 40.6 Å². The summed E-state index contributed by atoms with van der Waals surface area (Å²) in [4.78, 5) is 31.8. The minimum Gasteiger partial charge on any atom is -0.486 e. The molecular formula is C23H24ClF3N2O3. The number of Topliss-reactive ketones (excluding diaryl/α,β-unsaturated/α-hetero) is 2. The summed E-state index contributed by atoms with van der Waals surface area (Å²) < 4.78 is 43.8. The minimum absolute atomic E-state index is 0.000267. The second-order valence-electron chi connectivity index (χ2n) is 8.08. The molecule has 0 amide bonds. The Bertz CT molecular complexity index is 933. The molecule has 1 saturated carbocycles. The zero-order valence-electron chi connectivity index (χ0n) is 17.4. The lowest BCUT2D eigenvalue weighted by atomic mass is 9.78. The molecule has 172 valence electrons. The lowest BCUT2D eigenvalue weighted by Gasteiger charge is -2.28. The molecule has 3 rings (SSSR count). The molecule has 2 aromatic rings. The minimum atomic E-state index is -2.71. The van der Waals surface area contributed by atoms with Gasteiger partial charge in [-0.25, -0.2) is 18.2 Å². The molecule has 9 heteroatoms. The fraction of sp³-hybridized carbons (Fsp3) is 0.478. The van der Waals surface area contributed by atoms with Crippen molar-refractivity contribution in [1.29, 1.82) is 0 Å². The molecule has 0 radical (unpaired) electrons. The van der Waals surface area contributed by atoms with Crippen molar-refractivity contribution in [1.82, 2.24) is 9.97 Å². The maximum Gasteiger partial charge on any atom is 0.281 e. The summed E-state index contributed by atoms with van der Waals surface area (Å²) in [5.41, 5.74) is -0.339. The van der Waals surface area contributed by atoms with E-state index >= 15 is 0 Å². The molecule has 0 unspecified atom stereocenters. The summed E-state index contributed by atoms with van der Waals surface area (Å²) in [5.74, 6) is 0.0867. The summed E-state index contributed by atoms with van der Waals surface area (Å²) in [7, 11) is 0. The Balaban J connectivity index is 1.35. The fourth-order valence-electron chi connectivity index (χ4n) is 3.89. The Kier molecular flexibility index (Phi) is 8.61. The zero-order chi connectivity index (χ0) is 23.1. The van der Waals surface area contributed by atoms with Crippen LogP contribution in [-0.4, -0.2) is 28.1 Å². The number of carbonyl (C=O) groups excluding carboxylic acids is 2. The third-order valence-corrected chi connectivity index (χ3v) is 6.04. The highest BCUT2D eigenvalue weighted by Gasteiger charge is 2.24. The van der Waals surface area contributed by atoms with Crippen LogP contribution in [0.4, 0.5) is 13.2 Å². The maximum absolute atomic E-state index is 13.4. The number of hydrogen-bond acceptors (Lipinski definition) is 5. The van der Waals surface area contributed by atoms with Crippen LogP contribution in [-0.2, 0) is 4.79 Å². The van der Waals surface area contributed by atoms with Gasteiger partial charge in [0, 0.05) is 18.9 Å². The number of nitrogens with zero attached hydrogens (tertiary/aromatic N) is 2. The first-order valence-electron chi connectivity index (χ1n) is 10.5. The lowest BCUT2D eigenvalue weighted by Crippen LogP contribution is -2.21. The van der Waals surface area contributed by atoms with Crippen LogP contribution in [0.3, 0.4) is 0 Å².